The third-order valence-electron chi connectivity index (χ3n) is 17.2. The van der Waals surface area contributed by atoms with E-state index in [2.05, 4.69) is 52.2 Å². The van der Waals surface area contributed by atoms with Crippen LogP contribution < -0.4 is 77.4 Å². The van der Waals surface area contributed by atoms with Crippen molar-refractivity contribution < 1.29 is 63.3 Å². The Morgan fingerprint density at radius 3 is 2.00 bits per heavy atom. The van der Waals surface area contributed by atoms with E-state index in [0.29, 0.717) is 41.7 Å². The van der Waals surface area contributed by atoms with Crippen LogP contribution in [0.3, 0.4) is 0 Å². The predicted octanol–water partition coefficient (Wildman–Crippen LogP) is -5.47. The third-order valence-corrected chi connectivity index (χ3v) is 18.1. The first kappa shape index (κ1) is 70.1. The van der Waals surface area contributed by atoms with E-state index in [-0.39, 0.29) is 120 Å². The van der Waals surface area contributed by atoms with Crippen LogP contribution in [0.2, 0.25) is 0 Å². The fraction of sp³-hybridized carbons (Fsp3) is 0.603. The van der Waals surface area contributed by atoms with Gasteiger partial charge in [-0.25, -0.2) is 4.79 Å². The third kappa shape index (κ3) is 18.6. The van der Waals surface area contributed by atoms with Crippen molar-refractivity contribution >= 4 is 88.1 Å². The van der Waals surface area contributed by atoms with Crippen LogP contribution in [-0.4, -0.2) is 208 Å². The largest absolute Gasteiger partial charge is 0.480 e. The highest BCUT2D eigenvalue weighted by molar-refractivity contribution is 7.10. The van der Waals surface area contributed by atoms with E-state index in [1.807, 2.05) is 0 Å². The molecule has 2 aromatic rings. The van der Waals surface area contributed by atoms with Gasteiger partial charge in [-0.2, -0.15) is 0 Å². The number of thiophene rings is 1. The number of carboxylic acids is 1. The predicted molar refractivity (Wildman–Crippen MR) is 333 cm³/mol. The van der Waals surface area contributed by atoms with Crippen LogP contribution in [0.25, 0.3) is 0 Å². The number of β-amino-alcohol motifs (C(OH)–C–C–N with tert-alkyl or cyclic N) is 1. The number of carbonyl (C=O) groups excluding carboxylic acids is 9. The first-order chi connectivity index (χ1) is 43.5. The van der Waals surface area contributed by atoms with Gasteiger partial charge in [0.05, 0.1) is 43.4 Å². The smallest absolute Gasteiger partial charge is 0.326 e. The molecule has 498 valence electrons. The Kier molecular flexibility index (Phi) is 25.5. The molecular weight excluding hydrogens is 1200 g/mol. The summed E-state index contributed by atoms with van der Waals surface area (Å²) in [5.41, 5.74) is 39.9. The van der Waals surface area contributed by atoms with E-state index in [4.69, 9.17) is 40.1 Å². The van der Waals surface area contributed by atoms with Crippen molar-refractivity contribution in [2.75, 3.05) is 45.9 Å². The molecule has 1 aromatic heterocycles. The minimum absolute atomic E-state index is 0.00986. The Morgan fingerprint density at radius 1 is 0.703 bits per heavy atom. The van der Waals surface area contributed by atoms with E-state index in [1.54, 1.807) is 41.8 Å². The van der Waals surface area contributed by atoms with Crippen molar-refractivity contribution in [1.82, 2.24) is 47.0 Å². The Bertz CT molecular complexity index is 3030. The first-order valence-corrected chi connectivity index (χ1v) is 31.6. The number of carbonyl (C=O) groups is 10. The summed E-state index contributed by atoms with van der Waals surface area (Å²) in [6.07, 6.45) is 3.42. The van der Waals surface area contributed by atoms with Crippen molar-refractivity contribution in [3.05, 3.63) is 57.8 Å². The molecule has 5 aliphatic rings. The number of fused-ring (bicyclic) bond motifs is 2. The number of hydrogen-bond acceptors (Lipinski definition) is 19. The van der Waals surface area contributed by atoms with Crippen molar-refractivity contribution in [2.45, 2.75) is 162 Å². The normalized spacial score (nSPS) is 24.1. The molecule has 2 unspecified atom stereocenters. The summed E-state index contributed by atoms with van der Waals surface area (Å²) in [4.78, 5) is 155. The summed E-state index contributed by atoms with van der Waals surface area (Å²) in [5, 5.41) is 52.9. The summed E-state index contributed by atoms with van der Waals surface area (Å²) in [7, 11) is 0. The number of aliphatic imine (C=N–C) groups is 3. The van der Waals surface area contributed by atoms with E-state index in [1.165, 1.54) is 4.90 Å². The van der Waals surface area contributed by atoms with Crippen LogP contribution in [0.4, 0.5) is 0 Å². The minimum atomic E-state index is -1.61. The number of hydrogen-bond donors (Lipinski definition) is 17. The molecule has 32 nitrogen and oxygen atoms in total. The molecule has 7 rings (SSSR count). The SMILES string of the molecule is NC(N)=NCCC[C@@H](N)C(=O)N[C@@H](CCCN=C(N)N)C(=O)N1CCC[C@H]1C(=O)N1C[C@H](O)C[C@H]1C(=O)NCC(=O)N[C@H](C(=O)N[C@@H](CO)C(=O)C1N[C@H](C(=O)C2[C@@H](C(=O)N[C@@H](CCCN=C(N)N)C(=O)O)N[C@H]3CCCC[C@@H]23)Cc2ccccc21)c1cccs1. The second-order valence-electron chi connectivity index (χ2n) is 23.6. The van der Waals surface area contributed by atoms with Crippen molar-refractivity contribution in [3.8, 4) is 0 Å². The number of carboxylic acid groups (broad SMARTS) is 1. The molecule has 91 heavy (non-hydrogen) atoms. The zero-order chi connectivity index (χ0) is 66.1. The number of aliphatic hydroxyl groups is 2. The quantitative estimate of drug-likeness (QED) is 0.0190. The molecule has 1 aliphatic carbocycles. The number of Topliss-reactive ketones (excluding diaryl/α,β-unsaturated/α-hetero) is 2. The number of aliphatic hydroxyl groups excluding tert-OH is 2. The summed E-state index contributed by atoms with van der Waals surface area (Å²) < 4.78 is 0. The molecule has 14 atom stereocenters. The molecule has 33 heteroatoms. The van der Waals surface area contributed by atoms with Crippen molar-refractivity contribution in [2.24, 2.45) is 66.9 Å². The summed E-state index contributed by atoms with van der Waals surface area (Å²) in [6, 6.07) is -2.56. The second-order valence-corrected chi connectivity index (χ2v) is 24.5. The van der Waals surface area contributed by atoms with Crippen LogP contribution in [0.5, 0.6) is 0 Å². The lowest BCUT2D eigenvalue weighted by atomic mass is 9.73. The Morgan fingerprint density at radius 2 is 1.35 bits per heavy atom. The Balaban J connectivity index is 0.994. The minimum Gasteiger partial charge on any atom is -0.480 e. The summed E-state index contributed by atoms with van der Waals surface area (Å²) in [5.74, 6) is -9.19. The molecule has 3 saturated heterocycles. The standard InChI is InChI=1S/C58H87N19O13S/c59-33(13-5-19-66-56(60)61)49(83)72-35(15-6-20-67-57(62)63)53(87)76-22-8-17-39(76)54(88)77-27-30(79)25-40(77)50(84)69-26-42(80)75-45(41-18-9-23-91-41)51(85)74-38(28-78)48(82)44-31-11-2-1-10-29(31)24-37(71-44)47(81)43-32-12-3-4-14-34(32)70-46(43)52(86)73-36(55(89)90)16-7-21-68-58(64)65/h1-2,9-11,18,23,30,32-40,43-46,70-71,78-79H,3-8,12-17,19-22,24-28,59H2,(H,69,84)(H,72,83)(H,73,86)(H,74,85)(H,75,80)(H,89,90)(H4,60,61,66)(H4,62,63,67)(H4,64,65,68)/t30-,32-,33-,34+,35+,36+,37+,38+,39+,40+,43?,44?,45+,46+/m1/s1. The fourth-order valence-corrected chi connectivity index (χ4v) is 13.6. The molecule has 0 radical (unpaired) electrons. The number of ketones is 2. The molecule has 0 bridgehead atoms. The monoisotopic (exact) mass is 1290 g/mol. The summed E-state index contributed by atoms with van der Waals surface area (Å²) in [6.45, 7) is -1.30. The number of nitrogens with zero attached hydrogens (tertiary/aromatic N) is 5. The number of nitrogens with two attached hydrogens (primary N) is 7. The molecule has 5 heterocycles. The maximum Gasteiger partial charge on any atom is 0.326 e. The molecule has 7 amide bonds. The van der Waals surface area contributed by atoms with E-state index in [0.717, 1.165) is 29.1 Å². The van der Waals surface area contributed by atoms with Gasteiger partial charge in [-0.05, 0) is 99.1 Å². The average molecular weight is 1290 g/mol. The van der Waals surface area contributed by atoms with E-state index >= 15 is 4.79 Å². The van der Waals surface area contributed by atoms with Gasteiger partial charge in [0.2, 0.25) is 41.4 Å². The highest BCUT2D eigenvalue weighted by Crippen LogP contribution is 2.41. The van der Waals surface area contributed by atoms with Gasteiger partial charge in [0.1, 0.15) is 36.3 Å². The lowest BCUT2D eigenvalue weighted by Crippen LogP contribution is -2.58. The van der Waals surface area contributed by atoms with Crippen LogP contribution in [0, 0.1) is 11.8 Å². The van der Waals surface area contributed by atoms with Gasteiger partial charge in [-0.3, -0.25) is 63.4 Å². The zero-order valence-corrected chi connectivity index (χ0v) is 51.4. The topological polar surface area (TPSA) is 541 Å². The van der Waals surface area contributed by atoms with Crippen LogP contribution in [0.1, 0.15) is 112 Å². The highest BCUT2D eigenvalue weighted by Gasteiger charge is 2.53. The van der Waals surface area contributed by atoms with Gasteiger partial charge >= 0.3 is 5.97 Å². The molecule has 4 fully saturated rings. The highest BCUT2D eigenvalue weighted by atomic mass is 32.1. The van der Waals surface area contributed by atoms with Gasteiger partial charge < -0.3 is 97.2 Å². The molecule has 4 aliphatic heterocycles. The lowest BCUT2D eigenvalue weighted by Gasteiger charge is -2.36. The number of benzene rings is 1. The number of rotatable bonds is 31. The molecular formula is C58H87N19O13S. The van der Waals surface area contributed by atoms with Crippen molar-refractivity contribution in [1.29, 1.82) is 0 Å². The number of aliphatic carboxylic acids is 1. The number of likely N-dealkylation sites (tertiary alicyclic amines) is 2. The lowest BCUT2D eigenvalue weighted by molar-refractivity contribution is -0.148. The van der Waals surface area contributed by atoms with Gasteiger partial charge in [-0.1, -0.05) is 43.2 Å². The molecule has 24 N–H and O–H groups in total. The molecule has 1 saturated carbocycles. The maximum atomic E-state index is 15.0. The average Bonchev–Trinajstić information content (AvgIpc) is 1.76. The molecule has 0 spiro atoms. The van der Waals surface area contributed by atoms with Crippen molar-refractivity contribution in [3.63, 3.8) is 0 Å². The zero-order valence-electron chi connectivity index (χ0n) is 50.6. The number of amides is 7. The van der Waals surface area contributed by atoms with E-state index < -0.39 is 139 Å². The van der Waals surface area contributed by atoms with Crippen LogP contribution in [-0.2, 0) is 54.4 Å². The Labute approximate surface area is 529 Å². The van der Waals surface area contributed by atoms with E-state index in [9.17, 15) is 58.5 Å². The van der Waals surface area contributed by atoms with Gasteiger partial charge in [0.25, 0.3) is 0 Å². The van der Waals surface area contributed by atoms with Gasteiger partial charge in [-0.15, -0.1) is 11.3 Å². The van der Waals surface area contributed by atoms with Crippen LogP contribution in [0.15, 0.2) is 56.8 Å². The first-order valence-electron chi connectivity index (χ1n) is 30.7. The fourth-order valence-electron chi connectivity index (χ4n) is 12.8. The second kappa shape index (κ2) is 33.1. The summed E-state index contributed by atoms with van der Waals surface area (Å²) >= 11 is 1.09. The van der Waals surface area contributed by atoms with Crippen LogP contribution >= 0.6 is 11.3 Å². The number of guanidine groups is 3. The number of nitrogens with one attached hydrogen (secondary N) is 7. The molecule has 1 aromatic carbocycles. The van der Waals surface area contributed by atoms with Gasteiger partial charge in [0, 0.05) is 56.0 Å². The van der Waals surface area contributed by atoms with Gasteiger partial charge in [0.15, 0.2) is 29.4 Å². The Hall–Kier alpha value is -8.37. The maximum absolute atomic E-state index is 15.0.